The Morgan fingerprint density at radius 2 is 1.63 bits per heavy atom. The van der Waals surface area contributed by atoms with Crippen LogP contribution in [0.25, 0.3) is 11.1 Å². The van der Waals surface area contributed by atoms with Crippen molar-refractivity contribution in [1.29, 1.82) is 0 Å². The lowest BCUT2D eigenvalue weighted by Crippen LogP contribution is -2.47. The lowest BCUT2D eigenvalue weighted by Gasteiger charge is -2.35. The van der Waals surface area contributed by atoms with E-state index >= 15 is 0 Å². The molecule has 1 heterocycles. The molecule has 0 unspecified atom stereocenters. The number of aliphatic hydroxyl groups is 1. The molecule has 7 nitrogen and oxygen atoms in total. The zero-order valence-electron chi connectivity index (χ0n) is 21.7. The summed E-state index contributed by atoms with van der Waals surface area (Å²) in [6.07, 6.45) is -0.578. The maximum Gasteiger partial charge on any atom is 0.254 e. The zero-order valence-corrected chi connectivity index (χ0v) is 22.6. The molecule has 0 fully saturated rings. The molecule has 0 aliphatic carbocycles. The largest absolute Gasteiger partial charge is 0.394 e. The highest BCUT2D eigenvalue weighted by molar-refractivity contribution is 7.89. The predicted molar refractivity (Wildman–Crippen MR) is 143 cm³/mol. The van der Waals surface area contributed by atoms with Crippen LogP contribution in [0.2, 0.25) is 0 Å². The highest BCUT2D eigenvalue weighted by atomic mass is 32.2. The first kappa shape index (κ1) is 27.9. The van der Waals surface area contributed by atoms with Crippen molar-refractivity contribution < 1.29 is 27.4 Å². The topological polar surface area (TPSA) is 87.2 Å². The fourth-order valence-corrected chi connectivity index (χ4v) is 5.87. The Bertz CT molecular complexity index is 1380. The van der Waals surface area contributed by atoms with Crippen LogP contribution >= 0.6 is 0 Å². The van der Waals surface area contributed by atoms with E-state index < -0.39 is 28.0 Å². The molecule has 0 aromatic heterocycles. The van der Waals surface area contributed by atoms with Gasteiger partial charge in [-0.25, -0.2) is 12.8 Å². The standard InChI is InChI=1S/C29H33FN2O5S/c1-20-16-32(21(2)18-33)29(34)27-11-7-6-10-26(27)25-9-5-4-8-22(25)19-37-28(20)17-31(3)38(35,36)24-14-12-23(30)13-15-24/h4-15,20-21,28,33H,16-19H2,1-3H3/t20-,21-,28-/m0/s1. The number of amides is 1. The van der Waals surface area contributed by atoms with Gasteiger partial charge >= 0.3 is 0 Å². The first-order valence-electron chi connectivity index (χ1n) is 12.6. The molecule has 1 N–H and O–H groups in total. The summed E-state index contributed by atoms with van der Waals surface area (Å²) >= 11 is 0. The summed E-state index contributed by atoms with van der Waals surface area (Å²) in [7, 11) is -2.45. The molecule has 3 aromatic rings. The van der Waals surface area contributed by atoms with Gasteiger partial charge in [0.1, 0.15) is 5.82 Å². The molecule has 0 bridgehead atoms. The number of sulfonamides is 1. The van der Waals surface area contributed by atoms with Crippen molar-refractivity contribution in [3.8, 4) is 11.1 Å². The van der Waals surface area contributed by atoms with E-state index in [0.29, 0.717) is 5.56 Å². The molecule has 1 aliphatic rings. The number of benzene rings is 3. The molecule has 1 amide bonds. The van der Waals surface area contributed by atoms with Gasteiger partial charge in [0.15, 0.2) is 0 Å². The van der Waals surface area contributed by atoms with Crippen molar-refractivity contribution >= 4 is 15.9 Å². The molecule has 3 atom stereocenters. The zero-order chi connectivity index (χ0) is 27.4. The van der Waals surface area contributed by atoms with Gasteiger partial charge in [-0.15, -0.1) is 0 Å². The lowest BCUT2D eigenvalue weighted by atomic mass is 9.94. The highest BCUT2D eigenvalue weighted by Gasteiger charge is 2.32. The van der Waals surface area contributed by atoms with Crippen LogP contribution in [0.1, 0.15) is 29.8 Å². The fourth-order valence-electron chi connectivity index (χ4n) is 4.69. The quantitative estimate of drug-likeness (QED) is 0.507. The summed E-state index contributed by atoms with van der Waals surface area (Å²) in [6, 6.07) is 19.3. The normalized spacial score (nSPS) is 19.4. The van der Waals surface area contributed by atoms with E-state index in [1.54, 1.807) is 17.9 Å². The second-order valence-electron chi connectivity index (χ2n) is 9.76. The third-order valence-corrected chi connectivity index (χ3v) is 8.89. The Kier molecular flexibility index (Phi) is 8.62. The molecule has 38 heavy (non-hydrogen) atoms. The smallest absolute Gasteiger partial charge is 0.254 e. The Hall–Kier alpha value is -3.11. The Balaban J connectivity index is 1.73. The van der Waals surface area contributed by atoms with Gasteiger partial charge in [-0.1, -0.05) is 49.4 Å². The van der Waals surface area contributed by atoms with Crippen LogP contribution in [-0.4, -0.2) is 67.5 Å². The van der Waals surface area contributed by atoms with Crippen LogP contribution in [0.3, 0.4) is 0 Å². The summed E-state index contributed by atoms with van der Waals surface area (Å²) in [5.41, 5.74) is 3.03. The van der Waals surface area contributed by atoms with Crippen molar-refractivity contribution in [1.82, 2.24) is 9.21 Å². The number of hydrogen-bond acceptors (Lipinski definition) is 5. The first-order valence-corrected chi connectivity index (χ1v) is 14.0. The van der Waals surface area contributed by atoms with Gasteiger partial charge in [-0.2, -0.15) is 4.31 Å². The predicted octanol–water partition coefficient (Wildman–Crippen LogP) is 4.17. The van der Waals surface area contributed by atoms with Crippen molar-refractivity contribution in [2.45, 2.75) is 37.5 Å². The highest BCUT2D eigenvalue weighted by Crippen LogP contribution is 2.31. The monoisotopic (exact) mass is 540 g/mol. The summed E-state index contributed by atoms with van der Waals surface area (Å²) in [5.74, 6) is -1.01. The molecule has 0 saturated heterocycles. The minimum atomic E-state index is -3.91. The number of rotatable bonds is 6. The maximum absolute atomic E-state index is 13.9. The minimum absolute atomic E-state index is 0.0165. The van der Waals surface area contributed by atoms with Crippen molar-refractivity contribution in [3.05, 3.63) is 89.7 Å². The van der Waals surface area contributed by atoms with Gasteiger partial charge in [0.05, 0.1) is 30.3 Å². The fraction of sp³-hybridized carbons (Fsp3) is 0.345. The van der Waals surface area contributed by atoms with E-state index in [4.69, 9.17) is 4.74 Å². The van der Waals surface area contributed by atoms with E-state index in [1.165, 1.54) is 23.5 Å². The van der Waals surface area contributed by atoms with E-state index in [2.05, 4.69) is 0 Å². The molecule has 0 radical (unpaired) electrons. The summed E-state index contributed by atoms with van der Waals surface area (Å²) in [4.78, 5) is 15.5. The molecule has 3 aromatic carbocycles. The third kappa shape index (κ3) is 5.81. The van der Waals surface area contributed by atoms with Crippen LogP contribution in [-0.2, 0) is 21.4 Å². The van der Waals surface area contributed by atoms with Crippen LogP contribution in [0.15, 0.2) is 77.7 Å². The number of likely N-dealkylation sites (N-methyl/N-ethyl adjacent to an activating group) is 1. The summed E-state index contributed by atoms with van der Waals surface area (Å²) in [6.45, 7) is 3.95. The van der Waals surface area contributed by atoms with Gasteiger partial charge in [0.25, 0.3) is 5.91 Å². The van der Waals surface area contributed by atoms with Crippen LogP contribution in [0.5, 0.6) is 0 Å². The number of carbonyl (C=O) groups is 1. The van der Waals surface area contributed by atoms with E-state index in [0.717, 1.165) is 28.8 Å². The maximum atomic E-state index is 13.9. The molecule has 0 spiro atoms. The number of fused-ring (bicyclic) bond motifs is 3. The number of nitrogens with zero attached hydrogens (tertiary/aromatic N) is 2. The van der Waals surface area contributed by atoms with E-state index in [9.17, 15) is 22.7 Å². The first-order chi connectivity index (χ1) is 18.1. The second-order valence-corrected chi connectivity index (χ2v) is 11.8. The van der Waals surface area contributed by atoms with Gasteiger partial charge in [-0.05, 0) is 53.9 Å². The Morgan fingerprint density at radius 3 is 2.29 bits per heavy atom. The van der Waals surface area contributed by atoms with E-state index in [1.807, 2.05) is 49.4 Å². The van der Waals surface area contributed by atoms with Crippen LogP contribution in [0, 0.1) is 11.7 Å². The van der Waals surface area contributed by atoms with Crippen LogP contribution in [0.4, 0.5) is 4.39 Å². The number of hydrogen-bond donors (Lipinski definition) is 1. The van der Waals surface area contributed by atoms with Crippen molar-refractivity contribution in [2.75, 3.05) is 26.7 Å². The number of halogens is 1. The molecular weight excluding hydrogens is 507 g/mol. The number of carbonyl (C=O) groups excluding carboxylic acids is 1. The van der Waals surface area contributed by atoms with Gasteiger partial charge < -0.3 is 14.7 Å². The molecular formula is C29H33FN2O5S. The third-order valence-electron chi connectivity index (χ3n) is 7.05. The van der Waals surface area contributed by atoms with Crippen molar-refractivity contribution in [2.24, 2.45) is 5.92 Å². The minimum Gasteiger partial charge on any atom is -0.394 e. The average molecular weight is 541 g/mol. The Morgan fingerprint density at radius 1 is 1.03 bits per heavy atom. The van der Waals surface area contributed by atoms with Gasteiger partial charge in [0.2, 0.25) is 10.0 Å². The van der Waals surface area contributed by atoms with Gasteiger partial charge in [0, 0.05) is 31.6 Å². The van der Waals surface area contributed by atoms with Gasteiger partial charge in [-0.3, -0.25) is 4.79 Å². The molecule has 1 aliphatic heterocycles. The molecule has 4 rings (SSSR count). The van der Waals surface area contributed by atoms with E-state index in [-0.39, 0.29) is 43.0 Å². The lowest BCUT2D eigenvalue weighted by molar-refractivity contribution is -0.0146. The number of ether oxygens (including phenoxy) is 1. The second kappa shape index (κ2) is 11.7. The molecule has 9 heteroatoms. The molecule has 202 valence electrons. The van der Waals surface area contributed by atoms with Crippen molar-refractivity contribution in [3.63, 3.8) is 0 Å². The summed E-state index contributed by atoms with van der Waals surface area (Å²) in [5, 5.41) is 9.96. The number of aliphatic hydroxyl groups excluding tert-OH is 1. The SMILES string of the molecule is C[C@H]1CN([C@@H](C)CO)C(=O)c2ccccc2-c2ccccc2CO[C@H]1CN(C)S(=O)(=O)c1ccc(F)cc1. The summed E-state index contributed by atoms with van der Waals surface area (Å²) < 4.78 is 47.4. The Labute approximate surface area is 223 Å². The van der Waals surface area contributed by atoms with Crippen LogP contribution < -0.4 is 0 Å². The molecule has 0 saturated carbocycles. The average Bonchev–Trinajstić information content (AvgIpc) is 2.94.